The molecule has 0 radical (unpaired) electrons. The van der Waals surface area contributed by atoms with Gasteiger partial charge in [-0.05, 0) is 46.5 Å². The summed E-state index contributed by atoms with van der Waals surface area (Å²) >= 11 is 9.01. The Morgan fingerprint density at radius 3 is 2.68 bits per heavy atom. The minimum atomic E-state index is -0.419. The number of hydrogen-bond acceptors (Lipinski definition) is 2. The summed E-state index contributed by atoms with van der Waals surface area (Å²) in [5.41, 5.74) is 1.94. The highest BCUT2D eigenvalue weighted by Gasteiger charge is 2.48. The molecule has 0 atom stereocenters. The molecule has 3 nitrogen and oxygen atoms in total. The first kappa shape index (κ1) is 13.1. The Labute approximate surface area is 124 Å². The molecule has 1 spiro atoms. The number of alkyl halides is 1. The molecule has 1 heterocycles. The zero-order valence-electron chi connectivity index (χ0n) is 10.3. The standard InChI is InChI=1S/C14H13BrClNO2/c15-10-6-11-9(5-8(10)12(18)7-16)14(13(19)17-11)3-1-2-4-14/h5-6H,1-4,7H2,(H,17,19). The van der Waals surface area contributed by atoms with Crippen LogP contribution in [0.3, 0.4) is 0 Å². The van der Waals surface area contributed by atoms with Crippen molar-refractivity contribution in [1.29, 1.82) is 0 Å². The number of carbonyl (C=O) groups excluding carboxylic acids is 2. The van der Waals surface area contributed by atoms with Gasteiger partial charge in [-0.25, -0.2) is 0 Å². The minimum Gasteiger partial charge on any atom is -0.325 e. The molecule has 100 valence electrons. The van der Waals surface area contributed by atoms with Crippen molar-refractivity contribution in [2.24, 2.45) is 0 Å². The second kappa shape index (κ2) is 4.60. The van der Waals surface area contributed by atoms with Crippen LogP contribution in [0.1, 0.15) is 41.6 Å². The van der Waals surface area contributed by atoms with E-state index < -0.39 is 5.41 Å². The van der Waals surface area contributed by atoms with Gasteiger partial charge in [-0.15, -0.1) is 11.6 Å². The number of anilines is 1. The molecule has 3 rings (SSSR count). The van der Waals surface area contributed by atoms with Crippen LogP contribution in [0, 0.1) is 0 Å². The Morgan fingerprint density at radius 2 is 2.05 bits per heavy atom. The highest BCUT2D eigenvalue weighted by Crippen LogP contribution is 2.49. The number of Topliss-reactive ketones (excluding diaryl/α,β-unsaturated/α-hetero) is 1. The van der Waals surface area contributed by atoms with Crippen LogP contribution < -0.4 is 5.32 Å². The van der Waals surface area contributed by atoms with Crippen LogP contribution in [0.5, 0.6) is 0 Å². The quantitative estimate of drug-likeness (QED) is 0.659. The monoisotopic (exact) mass is 341 g/mol. The Morgan fingerprint density at radius 1 is 1.37 bits per heavy atom. The Kier molecular flexibility index (Phi) is 3.18. The summed E-state index contributed by atoms with van der Waals surface area (Å²) < 4.78 is 0.687. The smallest absolute Gasteiger partial charge is 0.235 e. The third-order valence-corrected chi connectivity index (χ3v) is 5.08. The number of benzene rings is 1. The lowest BCUT2D eigenvalue weighted by Crippen LogP contribution is -2.31. The van der Waals surface area contributed by atoms with Crippen molar-refractivity contribution in [1.82, 2.24) is 0 Å². The van der Waals surface area contributed by atoms with Crippen molar-refractivity contribution in [2.75, 3.05) is 11.2 Å². The summed E-state index contributed by atoms with van der Waals surface area (Å²) in [6, 6.07) is 3.66. The van der Waals surface area contributed by atoms with Crippen LogP contribution in [0.25, 0.3) is 0 Å². The molecule has 1 aliphatic carbocycles. The molecule has 1 aliphatic heterocycles. The Balaban J connectivity index is 2.16. The maximum absolute atomic E-state index is 12.3. The Bertz CT molecular complexity index is 579. The van der Waals surface area contributed by atoms with Gasteiger partial charge in [0.25, 0.3) is 0 Å². The van der Waals surface area contributed by atoms with E-state index in [-0.39, 0.29) is 17.6 Å². The average molecular weight is 343 g/mol. The third kappa shape index (κ3) is 1.84. The molecular formula is C14H13BrClNO2. The van der Waals surface area contributed by atoms with E-state index in [1.807, 2.05) is 12.1 Å². The fraction of sp³-hybridized carbons (Fsp3) is 0.429. The van der Waals surface area contributed by atoms with E-state index in [0.29, 0.717) is 10.0 Å². The molecule has 0 aromatic heterocycles. The molecule has 1 saturated carbocycles. The Hall–Kier alpha value is -0.870. The van der Waals surface area contributed by atoms with Crippen LogP contribution in [0.2, 0.25) is 0 Å². The molecule has 0 saturated heterocycles. The van der Waals surface area contributed by atoms with Gasteiger partial charge in [-0.1, -0.05) is 12.8 Å². The van der Waals surface area contributed by atoms with Crippen LogP contribution >= 0.6 is 27.5 Å². The second-order valence-electron chi connectivity index (χ2n) is 5.18. The van der Waals surface area contributed by atoms with E-state index in [1.54, 1.807) is 0 Å². The maximum Gasteiger partial charge on any atom is 0.235 e. The van der Waals surface area contributed by atoms with E-state index >= 15 is 0 Å². The van der Waals surface area contributed by atoms with Crippen LogP contribution in [-0.4, -0.2) is 17.6 Å². The molecule has 1 aromatic rings. The number of amides is 1. The normalized spacial score (nSPS) is 19.6. The zero-order chi connectivity index (χ0) is 13.6. The third-order valence-electron chi connectivity index (χ3n) is 4.18. The topological polar surface area (TPSA) is 46.2 Å². The fourth-order valence-corrected chi connectivity index (χ4v) is 3.91. The van der Waals surface area contributed by atoms with Gasteiger partial charge in [-0.3, -0.25) is 9.59 Å². The van der Waals surface area contributed by atoms with Gasteiger partial charge in [0.1, 0.15) is 0 Å². The number of halogens is 2. The molecule has 0 bridgehead atoms. The van der Waals surface area contributed by atoms with E-state index in [4.69, 9.17) is 11.6 Å². The molecule has 1 N–H and O–H groups in total. The lowest BCUT2D eigenvalue weighted by molar-refractivity contribution is -0.120. The van der Waals surface area contributed by atoms with Gasteiger partial charge in [0, 0.05) is 15.7 Å². The molecule has 5 heteroatoms. The summed E-state index contributed by atoms with van der Waals surface area (Å²) in [7, 11) is 0. The first-order chi connectivity index (χ1) is 9.08. The molecule has 1 amide bonds. The number of fused-ring (bicyclic) bond motifs is 2. The van der Waals surface area contributed by atoms with Crippen molar-refractivity contribution < 1.29 is 9.59 Å². The van der Waals surface area contributed by atoms with Crippen LogP contribution in [0.4, 0.5) is 5.69 Å². The van der Waals surface area contributed by atoms with Crippen LogP contribution in [-0.2, 0) is 10.2 Å². The lowest BCUT2D eigenvalue weighted by atomic mass is 9.79. The predicted molar refractivity (Wildman–Crippen MR) is 78.0 cm³/mol. The van der Waals surface area contributed by atoms with Gasteiger partial charge in [0.05, 0.1) is 11.3 Å². The summed E-state index contributed by atoms with van der Waals surface area (Å²) in [6.45, 7) is 0. The van der Waals surface area contributed by atoms with Gasteiger partial charge in [0.2, 0.25) is 5.91 Å². The van der Waals surface area contributed by atoms with E-state index in [2.05, 4.69) is 21.2 Å². The number of nitrogens with one attached hydrogen (secondary N) is 1. The van der Waals surface area contributed by atoms with Crippen molar-refractivity contribution in [3.8, 4) is 0 Å². The zero-order valence-corrected chi connectivity index (χ0v) is 12.6. The SMILES string of the molecule is O=C(CCl)c1cc2c(cc1Br)NC(=O)C21CCCC1. The van der Waals surface area contributed by atoms with Crippen molar-refractivity contribution >= 4 is 44.9 Å². The van der Waals surface area contributed by atoms with Gasteiger partial charge in [0.15, 0.2) is 5.78 Å². The van der Waals surface area contributed by atoms with Gasteiger partial charge >= 0.3 is 0 Å². The highest BCUT2D eigenvalue weighted by molar-refractivity contribution is 9.10. The van der Waals surface area contributed by atoms with Gasteiger partial charge in [-0.2, -0.15) is 0 Å². The second-order valence-corrected chi connectivity index (χ2v) is 6.30. The summed E-state index contributed by atoms with van der Waals surface area (Å²) in [6.07, 6.45) is 3.84. The highest BCUT2D eigenvalue weighted by atomic mass is 79.9. The summed E-state index contributed by atoms with van der Waals surface area (Å²) in [4.78, 5) is 24.1. The molecule has 0 unspecified atom stereocenters. The minimum absolute atomic E-state index is 0.0498. The van der Waals surface area contributed by atoms with Crippen molar-refractivity contribution in [3.63, 3.8) is 0 Å². The average Bonchev–Trinajstić information content (AvgIpc) is 2.97. The number of carbonyl (C=O) groups is 2. The molecule has 1 fully saturated rings. The number of hydrogen-bond donors (Lipinski definition) is 1. The first-order valence-corrected chi connectivity index (χ1v) is 7.66. The fourth-order valence-electron chi connectivity index (χ4n) is 3.20. The molecule has 2 aliphatic rings. The number of ketones is 1. The first-order valence-electron chi connectivity index (χ1n) is 6.33. The number of rotatable bonds is 2. The summed E-state index contributed by atoms with van der Waals surface area (Å²) in [5.74, 6) is -0.0996. The largest absolute Gasteiger partial charge is 0.325 e. The molecule has 1 aromatic carbocycles. The predicted octanol–water partition coefficient (Wildman–Crippen LogP) is 3.63. The molecule has 19 heavy (non-hydrogen) atoms. The maximum atomic E-state index is 12.3. The van der Waals surface area contributed by atoms with E-state index in [9.17, 15) is 9.59 Å². The molecular weight excluding hydrogens is 330 g/mol. The lowest BCUT2D eigenvalue weighted by Gasteiger charge is -2.21. The summed E-state index contributed by atoms with van der Waals surface area (Å²) in [5, 5.41) is 2.94. The van der Waals surface area contributed by atoms with E-state index in [0.717, 1.165) is 36.9 Å². The van der Waals surface area contributed by atoms with Crippen molar-refractivity contribution in [2.45, 2.75) is 31.1 Å². The van der Waals surface area contributed by atoms with Crippen molar-refractivity contribution in [3.05, 3.63) is 27.7 Å². The van der Waals surface area contributed by atoms with E-state index in [1.165, 1.54) is 0 Å². The van der Waals surface area contributed by atoms with Gasteiger partial charge < -0.3 is 5.32 Å². The van der Waals surface area contributed by atoms with Crippen LogP contribution in [0.15, 0.2) is 16.6 Å².